The van der Waals surface area contributed by atoms with Crippen molar-refractivity contribution in [1.82, 2.24) is 4.98 Å². The Morgan fingerprint density at radius 3 is 2.55 bits per heavy atom. The molecule has 1 fully saturated rings. The zero-order chi connectivity index (χ0) is 20.9. The molecule has 0 spiro atoms. The summed E-state index contributed by atoms with van der Waals surface area (Å²) in [6, 6.07) is 13.9. The van der Waals surface area contributed by atoms with Crippen molar-refractivity contribution < 1.29 is 14.3 Å². The van der Waals surface area contributed by atoms with Gasteiger partial charge in [-0.25, -0.2) is 4.79 Å². The van der Waals surface area contributed by atoms with Crippen LogP contribution in [0.5, 0.6) is 0 Å². The van der Waals surface area contributed by atoms with E-state index in [1.54, 1.807) is 24.5 Å². The predicted octanol–water partition coefficient (Wildman–Crippen LogP) is 4.99. The van der Waals surface area contributed by atoms with Crippen LogP contribution in [0.4, 0.5) is 0 Å². The number of esters is 1. The van der Waals surface area contributed by atoms with Gasteiger partial charge in [-0.1, -0.05) is 63.6 Å². The summed E-state index contributed by atoms with van der Waals surface area (Å²) < 4.78 is 5.78. The van der Waals surface area contributed by atoms with Crippen molar-refractivity contribution in [2.45, 2.75) is 51.6 Å². The number of aromatic nitrogens is 1. The number of benzene rings is 1. The lowest BCUT2D eigenvalue weighted by Gasteiger charge is -2.43. The van der Waals surface area contributed by atoms with E-state index in [-0.39, 0.29) is 17.4 Å². The summed E-state index contributed by atoms with van der Waals surface area (Å²) in [5.74, 6) is -0.779. The van der Waals surface area contributed by atoms with E-state index in [9.17, 15) is 9.59 Å². The normalized spacial score (nSPS) is 22.4. The Kier molecular flexibility index (Phi) is 6.63. The van der Waals surface area contributed by atoms with Gasteiger partial charge < -0.3 is 4.74 Å². The molecule has 1 aromatic carbocycles. The first-order valence-corrected chi connectivity index (χ1v) is 10.3. The largest absolute Gasteiger partial charge is 0.456 e. The van der Waals surface area contributed by atoms with Gasteiger partial charge >= 0.3 is 5.97 Å². The minimum Gasteiger partial charge on any atom is -0.456 e. The Labute approximate surface area is 173 Å². The molecule has 1 aliphatic carbocycles. The number of ether oxygens (including phenoxy) is 1. The van der Waals surface area contributed by atoms with Gasteiger partial charge in [-0.3, -0.25) is 9.78 Å². The molecule has 2 aromatic rings. The molecule has 3 atom stereocenters. The van der Waals surface area contributed by atoms with Crippen molar-refractivity contribution in [1.29, 1.82) is 0 Å². The highest BCUT2D eigenvalue weighted by molar-refractivity contribution is 6.39. The average Bonchev–Trinajstić information content (AvgIpc) is 2.73. The zero-order valence-corrected chi connectivity index (χ0v) is 17.4. The molecule has 0 radical (unpaired) electrons. The molecule has 1 aromatic heterocycles. The molecule has 1 heterocycles. The van der Waals surface area contributed by atoms with E-state index in [1.165, 1.54) is 11.6 Å². The number of pyridine rings is 1. The van der Waals surface area contributed by atoms with E-state index in [2.05, 4.69) is 37.9 Å². The fourth-order valence-electron chi connectivity index (χ4n) is 4.28. The Balaban J connectivity index is 1.73. The Bertz CT molecular complexity index is 858. The number of carbonyl (C=O) groups excluding carboxylic acids is 2. The van der Waals surface area contributed by atoms with Crippen LogP contribution < -0.4 is 0 Å². The molecule has 3 rings (SSSR count). The summed E-state index contributed by atoms with van der Waals surface area (Å²) in [7, 11) is 0. The Morgan fingerprint density at radius 1 is 1.10 bits per heavy atom. The topological polar surface area (TPSA) is 56.3 Å². The monoisotopic (exact) mass is 391 g/mol. The molecule has 0 unspecified atom stereocenters. The van der Waals surface area contributed by atoms with Gasteiger partial charge in [-0.15, -0.1) is 0 Å². The first-order chi connectivity index (χ1) is 13.9. The summed E-state index contributed by atoms with van der Waals surface area (Å²) in [5, 5.41) is 0. The van der Waals surface area contributed by atoms with Crippen LogP contribution in [-0.4, -0.2) is 22.8 Å². The van der Waals surface area contributed by atoms with Gasteiger partial charge in [-0.2, -0.15) is 0 Å². The molecule has 0 N–H and O–H groups in total. The van der Waals surface area contributed by atoms with Gasteiger partial charge in [0, 0.05) is 18.3 Å². The lowest BCUT2D eigenvalue weighted by Crippen LogP contribution is -2.44. The second-order valence-electron chi connectivity index (χ2n) is 8.54. The number of ketones is 1. The molecule has 29 heavy (non-hydrogen) atoms. The summed E-state index contributed by atoms with van der Waals surface area (Å²) in [6.45, 7) is 6.58. The van der Waals surface area contributed by atoms with Crippen LogP contribution in [0.1, 0.15) is 51.2 Å². The Hall–Kier alpha value is -2.75. The highest BCUT2D eigenvalue weighted by Crippen LogP contribution is 2.43. The first-order valence-electron chi connectivity index (χ1n) is 10.3. The average molecular weight is 392 g/mol. The molecule has 152 valence electrons. The minimum absolute atomic E-state index is 0.152. The summed E-state index contributed by atoms with van der Waals surface area (Å²) in [4.78, 5) is 28.8. The van der Waals surface area contributed by atoms with E-state index >= 15 is 0 Å². The lowest BCUT2D eigenvalue weighted by molar-refractivity contribution is -0.161. The number of hydrogen-bond donors (Lipinski definition) is 0. The van der Waals surface area contributed by atoms with Gasteiger partial charge in [0.2, 0.25) is 0 Å². The molecule has 1 aliphatic rings. The van der Waals surface area contributed by atoms with Crippen molar-refractivity contribution in [2.75, 3.05) is 0 Å². The SMILES string of the molecule is C[C@@H]1CC[C@@H](C(C)(C)c2ccccc2)[C@H](OC(=O)C(=O)/C=C/c2cccnc2)C1. The van der Waals surface area contributed by atoms with Crippen LogP contribution in [0.2, 0.25) is 0 Å². The minimum atomic E-state index is -0.780. The number of nitrogens with zero attached hydrogens (tertiary/aromatic N) is 1. The Morgan fingerprint density at radius 2 is 1.86 bits per heavy atom. The van der Waals surface area contributed by atoms with Gasteiger partial charge in [0.05, 0.1) is 0 Å². The molecule has 0 bridgehead atoms. The summed E-state index contributed by atoms with van der Waals surface area (Å²) >= 11 is 0. The standard InChI is InChI=1S/C25H29NO3/c1-18-11-13-21(25(2,3)20-9-5-4-6-10-20)23(16-18)29-24(28)22(27)14-12-19-8-7-15-26-17-19/h4-10,12,14-15,17-18,21,23H,11,13,16H2,1-3H3/b14-12+/t18-,21-,23-/m1/s1. The lowest BCUT2D eigenvalue weighted by atomic mass is 9.64. The van der Waals surface area contributed by atoms with Crippen molar-refractivity contribution >= 4 is 17.8 Å². The number of carbonyl (C=O) groups is 2. The first kappa shape index (κ1) is 21.0. The van der Waals surface area contributed by atoms with Crippen molar-refractivity contribution in [3.8, 4) is 0 Å². The zero-order valence-electron chi connectivity index (χ0n) is 17.4. The molecule has 0 saturated heterocycles. The maximum Gasteiger partial charge on any atom is 0.379 e. The van der Waals surface area contributed by atoms with Gasteiger partial charge in [0.15, 0.2) is 0 Å². The second kappa shape index (κ2) is 9.17. The molecular weight excluding hydrogens is 362 g/mol. The fourth-order valence-corrected chi connectivity index (χ4v) is 4.28. The molecule has 0 aliphatic heterocycles. The maximum absolute atomic E-state index is 12.5. The molecule has 4 nitrogen and oxygen atoms in total. The molecule has 1 saturated carbocycles. The van der Waals surface area contributed by atoms with Crippen LogP contribution in [0.3, 0.4) is 0 Å². The smallest absolute Gasteiger partial charge is 0.379 e. The summed E-state index contributed by atoms with van der Waals surface area (Å²) in [5.41, 5.74) is 1.84. The van der Waals surface area contributed by atoms with Crippen LogP contribution in [0.25, 0.3) is 6.08 Å². The highest BCUT2D eigenvalue weighted by Gasteiger charge is 2.42. The third-order valence-corrected chi connectivity index (χ3v) is 6.07. The van der Waals surface area contributed by atoms with E-state index in [0.717, 1.165) is 24.8 Å². The number of rotatable bonds is 6. The highest BCUT2D eigenvalue weighted by atomic mass is 16.5. The second-order valence-corrected chi connectivity index (χ2v) is 8.54. The van der Waals surface area contributed by atoms with E-state index < -0.39 is 11.8 Å². The van der Waals surface area contributed by atoms with E-state index in [0.29, 0.717) is 5.92 Å². The van der Waals surface area contributed by atoms with Crippen LogP contribution in [0.15, 0.2) is 60.9 Å². The third-order valence-electron chi connectivity index (χ3n) is 6.07. The maximum atomic E-state index is 12.5. The van der Waals surface area contributed by atoms with Gasteiger partial charge in [0.25, 0.3) is 5.78 Å². The predicted molar refractivity (Wildman–Crippen MR) is 114 cm³/mol. The fraction of sp³-hybridized carbons (Fsp3) is 0.400. The van der Waals surface area contributed by atoms with E-state index in [4.69, 9.17) is 4.74 Å². The van der Waals surface area contributed by atoms with Crippen LogP contribution in [0, 0.1) is 11.8 Å². The van der Waals surface area contributed by atoms with Crippen molar-refractivity contribution in [3.63, 3.8) is 0 Å². The van der Waals surface area contributed by atoms with Crippen LogP contribution >= 0.6 is 0 Å². The molecule has 0 amide bonds. The summed E-state index contributed by atoms with van der Waals surface area (Å²) in [6.07, 6.45) is 8.74. The number of hydrogen-bond acceptors (Lipinski definition) is 4. The molecule has 4 heteroatoms. The van der Waals surface area contributed by atoms with Gasteiger partial charge in [-0.05, 0) is 53.5 Å². The van der Waals surface area contributed by atoms with Gasteiger partial charge in [0.1, 0.15) is 6.10 Å². The molecular formula is C25H29NO3. The van der Waals surface area contributed by atoms with Crippen molar-refractivity contribution in [2.24, 2.45) is 11.8 Å². The quantitative estimate of drug-likeness (QED) is 0.395. The van der Waals surface area contributed by atoms with Crippen molar-refractivity contribution in [3.05, 3.63) is 72.1 Å². The third kappa shape index (κ3) is 5.20. The van der Waals surface area contributed by atoms with Crippen LogP contribution in [-0.2, 0) is 19.7 Å². The van der Waals surface area contributed by atoms with E-state index in [1.807, 2.05) is 24.3 Å².